The molecule has 0 aromatic heterocycles. The Morgan fingerprint density at radius 3 is 1.12 bits per heavy atom. The van der Waals surface area contributed by atoms with Gasteiger partial charge in [0.1, 0.15) is 0 Å². The van der Waals surface area contributed by atoms with Gasteiger partial charge in [0.15, 0.2) is 0 Å². The van der Waals surface area contributed by atoms with Crippen LogP contribution in [0.25, 0.3) is 0 Å². The Balaban J connectivity index is 0.00000204. The van der Waals surface area contributed by atoms with Crippen LogP contribution in [0.4, 0.5) is 0 Å². The number of allylic oxidation sites excluding steroid dienone is 8. The molecule has 0 spiro atoms. The van der Waals surface area contributed by atoms with Crippen LogP contribution in [-0.2, 0) is 21.3 Å². The molecule has 0 bridgehead atoms. The Morgan fingerprint density at radius 2 is 0.853 bits per heavy atom. The molecule has 2 aliphatic rings. The number of hydrogen-bond acceptors (Lipinski definition) is 0. The maximum absolute atomic E-state index is 2.52. The number of benzene rings is 2. The van der Waals surface area contributed by atoms with Crippen LogP contribution in [0.2, 0.25) is 0 Å². The molecule has 0 amide bonds. The van der Waals surface area contributed by atoms with Crippen molar-refractivity contribution in [1.29, 1.82) is 0 Å². The Morgan fingerprint density at radius 1 is 0.529 bits per heavy atom. The predicted molar refractivity (Wildman–Crippen MR) is 137 cm³/mol. The molecule has 3 heteroatoms. The third-order valence-corrected chi connectivity index (χ3v) is 17.5. The van der Waals surface area contributed by atoms with Crippen molar-refractivity contribution in [2.75, 3.05) is 0 Å². The third-order valence-electron chi connectivity index (χ3n) is 8.19. The zero-order valence-corrected chi connectivity index (χ0v) is 25.7. The average Bonchev–Trinajstić information content (AvgIpc) is 3.12. The van der Waals surface area contributed by atoms with Crippen molar-refractivity contribution in [1.82, 2.24) is 0 Å². The summed E-state index contributed by atoms with van der Waals surface area (Å²) < 4.78 is 5.21. The van der Waals surface area contributed by atoms with Gasteiger partial charge in [0.05, 0.1) is 0 Å². The SMILES string of the molecule is CC1=C(C)C(C)[C]([Zr+2]([C]2=C(C)C(C)=C(C)C2C)=[C](c2ccccc2)c2ccccc2)=C1C.[Cl-].[Cl-]. The second-order valence-corrected chi connectivity index (χ2v) is 15.3. The zero-order chi connectivity index (χ0) is 23.2. The summed E-state index contributed by atoms with van der Waals surface area (Å²) in [6.45, 7) is 19.1. The third kappa shape index (κ3) is 4.86. The van der Waals surface area contributed by atoms with E-state index in [4.69, 9.17) is 0 Å². The summed E-state index contributed by atoms with van der Waals surface area (Å²) in [5.74, 6) is 1.08. The molecule has 2 aromatic rings. The molecule has 0 radical (unpaired) electrons. The van der Waals surface area contributed by atoms with E-state index in [0.717, 1.165) is 0 Å². The smallest absolute Gasteiger partial charge is 1.00 e. The Kier molecular flexibility index (Phi) is 9.92. The Labute approximate surface area is 226 Å². The predicted octanol–water partition coefficient (Wildman–Crippen LogP) is 2.40. The van der Waals surface area contributed by atoms with E-state index < -0.39 is 21.3 Å². The first-order chi connectivity index (χ1) is 15.3. The Bertz CT molecular complexity index is 1130. The summed E-state index contributed by atoms with van der Waals surface area (Å²) in [5, 5.41) is 0. The molecule has 4 rings (SSSR count). The molecule has 2 atom stereocenters. The standard InChI is InChI=1S/C13H10.2C9H13.2ClH.Zr/c1-3-7-12(8-4-1)11-13-9-5-2-6-10-13;2*1-6-5-7(2)9(4)8(6)3;;;/h1-10H;2*6H,1-4H3;2*1H;/q;;;;;+2/p-2. The van der Waals surface area contributed by atoms with Gasteiger partial charge in [-0.1, -0.05) is 0 Å². The molecule has 0 saturated carbocycles. The summed E-state index contributed by atoms with van der Waals surface area (Å²) >= 11 is -2.52. The van der Waals surface area contributed by atoms with Crippen LogP contribution in [0.3, 0.4) is 0 Å². The minimum Gasteiger partial charge on any atom is -1.00 e. The number of halogens is 2. The van der Waals surface area contributed by atoms with E-state index >= 15 is 0 Å². The molecular weight excluding hydrogens is 534 g/mol. The number of hydrogen-bond donors (Lipinski definition) is 0. The monoisotopic (exact) mass is 568 g/mol. The van der Waals surface area contributed by atoms with Gasteiger partial charge < -0.3 is 24.8 Å². The summed E-state index contributed by atoms with van der Waals surface area (Å²) in [7, 11) is 0. The van der Waals surface area contributed by atoms with Gasteiger partial charge in [-0.15, -0.1) is 0 Å². The molecule has 0 nitrogen and oxygen atoms in total. The van der Waals surface area contributed by atoms with E-state index in [0.29, 0.717) is 11.8 Å². The summed E-state index contributed by atoms with van der Waals surface area (Å²) in [4.78, 5) is 0. The average molecular weight is 571 g/mol. The molecule has 0 saturated heterocycles. The molecule has 0 N–H and O–H groups in total. The van der Waals surface area contributed by atoms with Gasteiger partial charge in [-0.05, 0) is 0 Å². The second kappa shape index (κ2) is 11.6. The van der Waals surface area contributed by atoms with Crippen LogP contribution in [0.1, 0.15) is 66.5 Å². The maximum atomic E-state index is 2.46. The fourth-order valence-electron chi connectivity index (χ4n) is 5.61. The normalized spacial score (nSPS) is 19.7. The first-order valence-electron chi connectivity index (χ1n) is 11.9. The molecular formula is C31H36Cl2Zr. The van der Waals surface area contributed by atoms with Crippen LogP contribution in [-0.4, -0.2) is 3.21 Å². The van der Waals surface area contributed by atoms with Crippen molar-refractivity contribution in [2.45, 2.75) is 55.4 Å². The Hall–Kier alpha value is -1.27. The minimum absolute atomic E-state index is 0. The molecule has 0 fully saturated rings. The van der Waals surface area contributed by atoms with Crippen molar-refractivity contribution in [2.24, 2.45) is 11.8 Å². The van der Waals surface area contributed by atoms with Crippen molar-refractivity contribution in [3.63, 3.8) is 0 Å². The van der Waals surface area contributed by atoms with Gasteiger partial charge in [0, 0.05) is 0 Å². The van der Waals surface area contributed by atoms with E-state index in [9.17, 15) is 0 Å². The fourth-order valence-corrected chi connectivity index (χ4v) is 15.8. The van der Waals surface area contributed by atoms with Gasteiger partial charge in [-0.2, -0.15) is 0 Å². The van der Waals surface area contributed by atoms with Crippen molar-refractivity contribution in [3.05, 3.63) is 112 Å². The topological polar surface area (TPSA) is 0 Å². The first kappa shape index (κ1) is 29.0. The van der Waals surface area contributed by atoms with Crippen molar-refractivity contribution >= 4 is 3.21 Å². The van der Waals surface area contributed by atoms with Crippen LogP contribution < -0.4 is 24.8 Å². The second-order valence-electron chi connectivity index (χ2n) is 9.62. The molecule has 2 unspecified atom stereocenters. The molecule has 0 heterocycles. The molecule has 34 heavy (non-hydrogen) atoms. The van der Waals surface area contributed by atoms with E-state index in [-0.39, 0.29) is 24.8 Å². The van der Waals surface area contributed by atoms with Crippen molar-refractivity contribution < 1.29 is 46.1 Å². The van der Waals surface area contributed by atoms with Gasteiger partial charge in [-0.25, -0.2) is 0 Å². The summed E-state index contributed by atoms with van der Waals surface area (Å²) in [6.07, 6.45) is 0. The van der Waals surface area contributed by atoms with E-state index in [1.165, 1.54) is 22.3 Å². The molecule has 2 aliphatic carbocycles. The fraction of sp³-hybridized carbons (Fsp3) is 0.323. The molecule has 2 aromatic carbocycles. The van der Waals surface area contributed by atoms with Gasteiger partial charge in [0.25, 0.3) is 0 Å². The van der Waals surface area contributed by atoms with E-state index in [1.54, 1.807) is 32.1 Å². The van der Waals surface area contributed by atoms with Gasteiger partial charge in [0.2, 0.25) is 0 Å². The van der Waals surface area contributed by atoms with Crippen LogP contribution in [0.5, 0.6) is 0 Å². The first-order valence-corrected chi connectivity index (χ1v) is 15.6. The molecule has 0 aliphatic heterocycles. The van der Waals surface area contributed by atoms with E-state index in [2.05, 4.69) is 116 Å². The van der Waals surface area contributed by atoms with Crippen LogP contribution in [0.15, 0.2) is 101 Å². The summed E-state index contributed by atoms with van der Waals surface area (Å²) in [5.41, 5.74) is 12.2. The number of rotatable bonds is 4. The van der Waals surface area contributed by atoms with E-state index in [1.807, 2.05) is 0 Å². The van der Waals surface area contributed by atoms with Crippen LogP contribution in [0, 0.1) is 11.8 Å². The largest absolute Gasteiger partial charge is 1.00 e. The minimum atomic E-state index is -2.52. The van der Waals surface area contributed by atoms with Gasteiger partial charge in [-0.3, -0.25) is 0 Å². The summed E-state index contributed by atoms with van der Waals surface area (Å²) in [6, 6.07) is 22.5. The van der Waals surface area contributed by atoms with Gasteiger partial charge >= 0.3 is 203 Å². The van der Waals surface area contributed by atoms with Crippen molar-refractivity contribution in [3.8, 4) is 0 Å². The van der Waals surface area contributed by atoms with Crippen LogP contribution >= 0.6 is 0 Å². The molecule has 178 valence electrons. The quantitative estimate of drug-likeness (QED) is 0.530. The maximum Gasteiger partial charge on any atom is -1.00 e. The zero-order valence-electron chi connectivity index (χ0n) is 21.7.